The Morgan fingerprint density at radius 1 is 1.17 bits per heavy atom. The first-order chi connectivity index (χ1) is 14.0. The topological polar surface area (TPSA) is 67.9 Å². The molecule has 1 aliphatic rings. The number of halogens is 1. The summed E-state index contributed by atoms with van der Waals surface area (Å²) in [5.41, 5.74) is 0.590. The van der Waals surface area contributed by atoms with Crippen LogP contribution in [0, 0.1) is 5.82 Å². The van der Waals surface area contributed by atoms with Crippen LogP contribution in [0.15, 0.2) is 48.5 Å². The van der Waals surface area contributed by atoms with Gasteiger partial charge >= 0.3 is 0 Å². The number of ether oxygens (including phenoxy) is 2. The summed E-state index contributed by atoms with van der Waals surface area (Å²) in [6, 6.07) is 12.6. The number of carbonyl (C=O) groups excluding carboxylic acids is 2. The molecule has 2 aromatic rings. The van der Waals surface area contributed by atoms with Crippen molar-refractivity contribution in [3.63, 3.8) is 0 Å². The summed E-state index contributed by atoms with van der Waals surface area (Å²) in [6.07, 6.45) is 0.833. The molecule has 1 atom stereocenters. The minimum Gasteiger partial charge on any atom is -0.484 e. The second-order valence-electron chi connectivity index (χ2n) is 6.84. The van der Waals surface area contributed by atoms with Crippen LogP contribution in [0.4, 0.5) is 10.1 Å². The van der Waals surface area contributed by atoms with Gasteiger partial charge in [-0.25, -0.2) is 4.39 Å². The number of benzene rings is 2. The van der Waals surface area contributed by atoms with E-state index in [0.717, 1.165) is 12.8 Å². The molecule has 0 saturated heterocycles. The van der Waals surface area contributed by atoms with Gasteiger partial charge in [-0.1, -0.05) is 26.0 Å². The molecule has 0 aromatic heterocycles. The highest BCUT2D eigenvalue weighted by molar-refractivity contribution is 5.98. The van der Waals surface area contributed by atoms with Crippen molar-refractivity contribution in [3.05, 3.63) is 54.3 Å². The number of carbonyl (C=O) groups is 2. The molecule has 0 saturated carbocycles. The van der Waals surface area contributed by atoms with Gasteiger partial charge in [0.1, 0.15) is 17.3 Å². The van der Waals surface area contributed by atoms with E-state index in [1.54, 1.807) is 24.3 Å². The van der Waals surface area contributed by atoms with Crippen LogP contribution in [-0.2, 0) is 9.59 Å². The predicted octanol–water partition coefficient (Wildman–Crippen LogP) is 3.30. The van der Waals surface area contributed by atoms with E-state index < -0.39 is 6.10 Å². The number of fused-ring (bicyclic) bond motifs is 1. The molecule has 29 heavy (non-hydrogen) atoms. The molecule has 7 heteroatoms. The van der Waals surface area contributed by atoms with Gasteiger partial charge < -0.3 is 19.7 Å². The van der Waals surface area contributed by atoms with Crippen LogP contribution >= 0.6 is 0 Å². The second-order valence-corrected chi connectivity index (χ2v) is 6.84. The van der Waals surface area contributed by atoms with Gasteiger partial charge in [0.25, 0.3) is 11.8 Å². The van der Waals surface area contributed by atoms with E-state index in [1.165, 1.54) is 29.2 Å². The van der Waals surface area contributed by atoms with Crippen LogP contribution in [0.2, 0.25) is 0 Å². The van der Waals surface area contributed by atoms with Crippen molar-refractivity contribution >= 4 is 17.5 Å². The molecule has 1 heterocycles. The number of hydrogen-bond acceptors (Lipinski definition) is 4. The monoisotopic (exact) mass is 400 g/mol. The first-order valence-electron chi connectivity index (χ1n) is 9.76. The van der Waals surface area contributed by atoms with Crippen molar-refractivity contribution < 1.29 is 23.5 Å². The number of nitrogens with zero attached hydrogens (tertiary/aromatic N) is 1. The molecule has 1 aliphatic heterocycles. The fourth-order valence-electron chi connectivity index (χ4n) is 3.15. The fraction of sp³-hybridized carbons (Fsp3) is 0.364. The lowest BCUT2D eigenvalue weighted by Crippen LogP contribution is -2.53. The second kappa shape index (κ2) is 9.41. The third-order valence-electron chi connectivity index (χ3n) is 4.88. The van der Waals surface area contributed by atoms with E-state index in [-0.39, 0.29) is 36.8 Å². The van der Waals surface area contributed by atoms with E-state index >= 15 is 0 Å². The molecule has 0 bridgehead atoms. The molecular formula is C22H25FN2O4. The highest BCUT2D eigenvalue weighted by Crippen LogP contribution is 2.33. The summed E-state index contributed by atoms with van der Waals surface area (Å²) in [7, 11) is 0. The molecule has 1 N–H and O–H groups in total. The Balaban J connectivity index is 1.72. The first-order valence-corrected chi connectivity index (χ1v) is 9.76. The van der Waals surface area contributed by atoms with Crippen molar-refractivity contribution in [2.75, 3.05) is 18.1 Å². The van der Waals surface area contributed by atoms with E-state index in [2.05, 4.69) is 5.32 Å². The van der Waals surface area contributed by atoms with Crippen molar-refractivity contribution in [1.29, 1.82) is 0 Å². The summed E-state index contributed by atoms with van der Waals surface area (Å²) in [5, 5.41) is 2.97. The zero-order valence-corrected chi connectivity index (χ0v) is 16.6. The molecule has 154 valence electrons. The molecule has 2 aromatic carbocycles. The van der Waals surface area contributed by atoms with Gasteiger partial charge in [-0.3, -0.25) is 9.59 Å². The number of para-hydroxylation sites is 2. The maximum absolute atomic E-state index is 13.0. The van der Waals surface area contributed by atoms with E-state index in [0.29, 0.717) is 17.2 Å². The van der Waals surface area contributed by atoms with Crippen LogP contribution in [0.1, 0.15) is 26.7 Å². The van der Waals surface area contributed by atoms with Gasteiger partial charge in [0, 0.05) is 6.04 Å². The van der Waals surface area contributed by atoms with E-state index in [9.17, 15) is 14.0 Å². The summed E-state index contributed by atoms with van der Waals surface area (Å²) < 4.78 is 24.4. The first kappa shape index (κ1) is 20.6. The largest absolute Gasteiger partial charge is 0.484 e. The summed E-state index contributed by atoms with van der Waals surface area (Å²) >= 11 is 0. The molecule has 3 rings (SSSR count). The standard InChI is InChI=1S/C22H25FN2O4/c1-3-16(4-2)24-22(27)20-13-25(18-7-5-6-8-19(18)29-20)21(26)14-28-17-11-9-15(23)10-12-17/h5-12,16,20H,3-4,13-14H2,1-2H3,(H,24,27). The molecule has 2 amide bonds. The minimum atomic E-state index is -0.805. The third kappa shape index (κ3) is 5.04. The van der Waals surface area contributed by atoms with Gasteiger partial charge in [0.05, 0.1) is 12.2 Å². The average Bonchev–Trinajstić information content (AvgIpc) is 2.75. The molecule has 1 unspecified atom stereocenters. The number of hydrogen-bond donors (Lipinski definition) is 1. The van der Waals surface area contributed by atoms with Gasteiger partial charge in [-0.05, 0) is 49.2 Å². The molecule has 0 fully saturated rings. The predicted molar refractivity (Wildman–Crippen MR) is 108 cm³/mol. The van der Waals surface area contributed by atoms with Gasteiger partial charge in [0.2, 0.25) is 0 Å². The smallest absolute Gasteiger partial charge is 0.265 e. The fourth-order valence-corrected chi connectivity index (χ4v) is 3.15. The average molecular weight is 400 g/mol. The SMILES string of the molecule is CCC(CC)NC(=O)C1CN(C(=O)COc2ccc(F)cc2)c2ccccc2O1. The summed E-state index contributed by atoms with van der Waals surface area (Å²) in [5.74, 6) is -0.0733. The lowest BCUT2D eigenvalue weighted by Gasteiger charge is -2.34. The Bertz CT molecular complexity index is 852. The van der Waals surface area contributed by atoms with Crippen molar-refractivity contribution in [1.82, 2.24) is 5.32 Å². The summed E-state index contributed by atoms with van der Waals surface area (Å²) in [6.45, 7) is 3.87. The Morgan fingerprint density at radius 3 is 2.55 bits per heavy atom. The summed E-state index contributed by atoms with van der Waals surface area (Å²) in [4.78, 5) is 27.0. The Morgan fingerprint density at radius 2 is 1.86 bits per heavy atom. The minimum absolute atomic E-state index is 0.0641. The highest BCUT2D eigenvalue weighted by Gasteiger charge is 2.34. The van der Waals surface area contributed by atoms with Crippen molar-refractivity contribution in [3.8, 4) is 11.5 Å². The maximum atomic E-state index is 13.0. The number of anilines is 1. The van der Waals surface area contributed by atoms with E-state index in [1.807, 2.05) is 13.8 Å². The Hall–Kier alpha value is -3.09. The normalized spacial score (nSPS) is 15.4. The number of nitrogens with one attached hydrogen (secondary N) is 1. The Kier molecular flexibility index (Phi) is 6.69. The van der Waals surface area contributed by atoms with E-state index in [4.69, 9.17) is 9.47 Å². The molecule has 0 spiro atoms. The van der Waals surface area contributed by atoms with Gasteiger partial charge in [-0.2, -0.15) is 0 Å². The van der Waals surface area contributed by atoms with Gasteiger partial charge in [0.15, 0.2) is 12.7 Å². The molecular weight excluding hydrogens is 375 g/mol. The van der Waals surface area contributed by atoms with Crippen LogP contribution in [0.3, 0.4) is 0 Å². The quantitative estimate of drug-likeness (QED) is 0.774. The zero-order valence-electron chi connectivity index (χ0n) is 16.6. The van der Waals surface area contributed by atoms with Gasteiger partial charge in [-0.15, -0.1) is 0 Å². The van der Waals surface area contributed by atoms with Crippen LogP contribution in [-0.4, -0.2) is 37.1 Å². The lowest BCUT2D eigenvalue weighted by molar-refractivity contribution is -0.129. The third-order valence-corrected chi connectivity index (χ3v) is 4.88. The molecule has 0 aliphatic carbocycles. The number of amides is 2. The van der Waals surface area contributed by atoms with Crippen LogP contribution in [0.5, 0.6) is 11.5 Å². The zero-order chi connectivity index (χ0) is 20.8. The molecule has 0 radical (unpaired) electrons. The van der Waals surface area contributed by atoms with Crippen molar-refractivity contribution in [2.45, 2.75) is 38.8 Å². The van der Waals surface area contributed by atoms with Crippen molar-refractivity contribution in [2.24, 2.45) is 0 Å². The Labute approximate surface area is 169 Å². The molecule has 6 nitrogen and oxygen atoms in total. The lowest BCUT2D eigenvalue weighted by atomic mass is 10.1. The highest BCUT2D eigenvalue weighted by atomic mass is 19.1. The maximum Gasteiger partial charge on any atom is 0.265 e. The van der Waals surface area contributed by atoms with Crippen LogP contribution in [0.25, 0.3) is 0 Å². The van der Waals surface area contributed by atoms with Crippen LogP contribution < -0.4 is 19.7 Å². The number of rotatable bonds is 7.